The van der Waals surface area contributed by atoms with E-state index >= 15 is 0 Å². The minimum atomic E-state index is -3.23. The number of rotatable bonds is 2. The van der Waals surface area contributed by atoms with Crippen molar-refractivity contribution in [1.82, 2.24) is 9.97 Å². The molecule has 0 unspecified atom stereocenters. The standard InChI is InChI=1S/C9H7BrN2O2S2/c1-16(13,14)9-7(10)12-8(15-9)6-3-2-4-11-5-6/h2-5H,1H3. The van der Waals surface area contributed by atoms with Gasteiger partial charge in [0.2, 0.25) is 0 Å². The highest BCUT2D eigenvalue weighted by atomic mass is 79.9. The highest BCUT2D eigenvalue weighted by Crippen LogP contribution is 2.33. The monoisotopic (exact) mass is 318 g/mol. The van der Waals surface area contributed by atoms with Crippen molar-refractivity contribution in [2.24, 2.45) is 0 Å². The Kier molecular flexibility index (Phi) is 3.09. The average molecular weight is 319 g/mol. The Balaban J connectivity index is 2.55. The molecule has 0 bridgehead atoms. The van der Waals surface area contributed by atoms with Crippen molar-refractivity contribution in [2.45, 2.75) is 4.21 Å². The van der Waals surface area contributed by atoms with E-state index < -0.39 is 9.84 Å². The molecule has 0 spiro atoms. The summed E-state index contributed by atoms with van der Waals surface area (Å²) in [5.74, 6) is 0. The van der Waals surface area contributed by atoms with Crippen LogP contribution < -0.4 is 0 Å². The maximum atomic E-state index is 11.4. The minimum absolute atomic E-state index is 0.242. The van der Waals surface area contributed by atoms with Crippen molar-refractivity contribution in [3.05, 3.63) is 29.1 Å². The van der Waals surface area contributed by atoms with Gasteiger partial charge in [0.25, 0.3) is 0 Å². The Morgan fingerprint density at radius 2 is 2.19 bits per heavy atom. The molecule has 0 aliphatic carbocycles. The van der Waals surface area contributed by atoms with Gasteiger partial charge in [-0.25, -0.2) is 13.4 Å². The fourth-order valence-corrected chi connectivity index (χ4v) is 4.42. The lowest BCUT2D eigenvalue weighted by atomic mass is 10.3. The van der Waals surface area contributed by atoms with Gasteiger partial charge in [-0.1, -0.05) is 0 Å². The molecule has 0 saturated heterocycles. The summed E-state index contributed by atoms with van der Waals surface area (Å²) < 4.78 is 23.4. The van der Waals surface area contributed by atoms with E-state index in [4.69, 9.17) is 0 Å². The summed E-state index contributed by atoms with van der Waals surface area (Å²) in [7, 11) is -3.23. The van der Waals surface area contributed by atoms with Crippen LogP contribution in [-0.4, -0.2) is 24.6 Å². The Labute approximate surface area is 105 Å². The zero-order chi connectivity index (χ0) is 11.8. The maximum Gasteiger partial charge on any atom is 0.187 e. The number of hydrogen-bond acceptors (Lipinski definition) is 5. The number of pyridine rings is 1. The van der Waals surface area contributed by atoms with Gasteiger partial charge in [-0.2, -0.15) is 0 Å². The summed E-state index contributed by atoms with van der Waals surface area (Å²) in [5.41, 5.74) is 0.808. The number of hydrogen-bond donors (Lipinski definition) is 0. The lowest BCUT2D eigenvalue weighted by Gasteiger charge is -1.92. The SMILES string of the molecule is CS(=O)(=O)c1sc(-c2cccnc2)nc1Br. The minimum Gasteiger partial charge on any atom is -0.264 e. The van der Waals surface area contributed by atoms with Gasteiger partial charge in [-0.05, 0) is 28.1 Å². The molecule has 16 heavy (non-hydrogen) atoms. The second-order valence-electron chi connectivity index (χ2n) is 3.11. The van der Waals surface area contributed by atoms with Gasteiger partial charge in [0.05, 0.1) is 0 Å². The molecule has 0 atom stereocenters. The number of sulfone groups is 1. The van der Waals surface area contributed by atoms with Crippen LogP contribution >= 0.6 is 27.3 Å². The van der Waals surface area contributed by atoms with Crippen molar-refractivity contribution < 1.29 is 8.42 Å². The molecule has 84 valence electrons. The fourth-order valence-electron chi connectivity index (χ4n) is 1.13. The number of thiazole rings is 1. The van der Waals surface area contributed by atoms with Crippen LogP contribution in [0.4, 0.5) is 0 Å². The molecule has 0 aliphatic heterocycles. The van der Waals surface area contributed by atoms with Crippen molar-refractivity contribution in [2.75, 3.05) is 6.26 Å². The van der Waals surface area contributed by atoms with Crippen LogP contribution in [-0.2, 0) is 9.84 Å². The zero-order valence-corrected chi connectivity index (χ0v) is 11.4. The number of nitrogens with zero attached hydrogens (tertiary/aromatic N) is 2. The van der Waals surface area contributed by atoms with E-state index in [-0.39, 0.29) is 4.21 Å². The van der Waals surface area contributed by atoms with E-state index in [1.807, 2.05) is 6.07 Å². The maximum absolute atomic E-state index is 11.4. The van der Waals surface area contributed by atoms with Crippen LogP contribution in [0.1, 0.15) is 0 Å². The van der Waals surface area contributed by atoms with Gasteiger partial charge < -0.3 is 0 Å². The second kappa shape index (κ2) is 4.23. The molecule has 0 aromatic carbocycles. The van der Waals surface area contributed by atoms with Crippen LogP contribution in [0.15, 0.2) is 33.3 Å². The molecule has 0 radical (unpaired) electrons. The molecule has 2 rings (SSSR count). The van der Waals surface area contributed by atoms with Crippen molar-refractivity contribution in [3.8, 4) is 10.6 Å². The van der Waals surface area contributed by atoms with Crippen molar-refractivity contribution in [3.63, 3.8) is 0 Å². The third-order valence-electron chi connectivity index (χ3n) is 1.80. The predicted molar refractivity (Wildman–Crippen MR) is 66.2 cm³/mol. The van der Waals surface area contributed by atoms with Crippen molar-refractivity contribution in [1.29, 1.82) is 0 Å². The molecular formula is C9H7BrN2O2S2. The van der Waals surface area contributed by atoms with Crippen LogP contribution in [0, 0.1) is 0 Å². The molecule has 7 heteroatoms. The van der Waals surface area contributed by atoms with E-state index in [0.717, 1.165) is 23.2 Å². The second-order valence-corrected chi connectivity index (χ2v) is 7.07. The summed E-state index contributed by atoms with van der Waals surface area (Å²) in [6, 6.07) is 3.62. The van der Waals surface area contributed by atoms with Crippen LogP contribution in [0.2, 0.25) is 0 Å². The first-order chi connectivity index (χ1) is 7.48. The molecule has 0 aliphatic rings. The fraction of sp³-hybridized carbons (Fsp3) is 0.111. The van der Waals surface area contributed by atoms with Crippen molar-refractivity contribution >= 4 is 37.1 Å². The van der Waals surface area contributed by atoms with Crippen LogP contribution in [0.5, 0.6) is 0 Å². The molecule has 2 aromatic rings. The Morgan fingerprint density at radius 3 is 2.69 bits per heavy atom. The van der Waals surface area contributed by atoms with Gasteiger partial charge in [-0.3, -0.25) is 4.98 Å². The van der Waals surface area contributed by atoms with Gasteiger partial charge >= 0.3 is 0 Å². The lowest BCUT2D eigenvalue weighted by Crippen LogP contribution is -1.93. The van der Waals surface area contributed by atoms with E-state index in [1.165, 1.54) is 0 Å². The summed E-state index contributed by atoms with van der Waals surface area (Å²) >= 11 is 4.28. The molecule has 4 nitrogen and oxygen atoms in total. The Bertz CT molecular complexity index is 608. The first-order valence-electron chi connectivity index (χ1n) is 4.25. The van der Waals surface area contributed by atoms with E-state index in [9.17, 15) is 8.42 Å². The Hall–Kier alpha value is -0.790. The van der Waals surface area contributed by atoms with Crippen LogP contribution in [0.3, 0.4) is 0 Å². The molecular weight excluding hydrogens is 312 g/mol. The quantitative estimate of drug-likeness (QED) is 0.853. The zero-order valence-electron chi connectivity index (χ0n) is 8.21. The smallest absolute Gasteiger partial charge is 0.187 e. The molecule has 0 N–H and O–H groups in total. The number of halogens is 1. The van der Waals surface area contributed by atoms with E-state index in [0.29, 0.717) is 9.61 Å². The summed E-state index contributed by atoms with van der Waals surface area (Å²) in [5, 5.41) is 0.639. The largest absolute Gasteiger partial charge is 0.264 e. The summed E-state index contributed by atoms with van der Waals surface area (Å²) in [6.07, 6.45) is 4.47. The van der Waals surface area contributed by atoms with Gasteiger partial charge in [0.1, 0.15) is 9.61 Å². The van der Waals surface area contributed by atoms with Gasteiger partial charge in [-0.15, -0.1) is 11.3 Å². The van der Waals surface area contributed by atoms with E-state index in [2.05, 4.69) is 25.9 Å². The predicted octanol–water partition coefficient (Wildman–Crippen LogP) is 2.37. The first kappa shape index (κ1) is 11.7. The van der Waals surface area contributed by atoms with Crippen LogP contribution in [0.25, 0.3) is 10.6 Å². The lowest BCUT2D eigenvalue weighted by molar-refractivity contribution is 0.603. The van der Waals surface area contributed by atoms with Gasteiger partial charge in [0.15, 0.2) is 14.0 Å². The summed E-state index contributed by atoms with van der Waals surface area (Å²) in [6.45, 7) is 0. The van der Waals surface area contributed by atoms with E-state index in [1.54, 1.807) is 18.5 Å². The third kappa shape index (κ3) is 2.31. The summed E-state index contributed by atoms with van der Waals surface area (Å²) in [4.78, 5) is 8.13. The topological polar surface area (TPSA) is 59.9 Å². The molecule has 0 saturated carbocycles. The average Bonchev–Trinajstić information content (AvgIpc) is 2.61. The molecule has 2 heterocycles. The highest BCUT2D eigenvalue weighted by Gasteiger charge is 2.18. The molecule has 0 fully saturated rings. The number of aromatic nitrogens is 2. The molecule has 2 aromatic heterocycles. The normalized spacial score (nSPS) is 11.6. The Morgan fingerprint density at radius 1 is 1.44 bits per heavy atom. The molecule has 0 amide bonds. The first-order valence-corrected chi connectivity index (χ1v) is 7.75. The third-order valence-corrected chi connectivity index (χ3v) is 5.83. The highest BCUT2D eigenvalue weighted by molar-refractivity contribution is 9.10. The van der Waals surface area contributed by atoms with Gasteiger partial charge in [0, 0.05) is 24.2 Å².